The van der Waals surface area contributed by atoms with E-state index in [4.69, 9.17) is 15.6 Å². The molecule has 1 atom stereocenters. The molecular formula is C8H18N2O2. The molecule has 12 heavy (non-hydrogen) atoms. The van der Waals surface area contributed by atoms with Gasteiger partial charge in [-0.25, -0.2) is 0 Å². The summed E-state index contributed by atoms with van der Waals surface area (Å²) in [7, 11) is 0. The summed E-state index contributed by atoms with van der Waals surface area (Å²) < 4.78 is 5.30. The summed E-state index contributed by atoms with van der Waals surface area (Å²) in [5.41, 5.74) is 5.52. The molecule has 1 aliphatic rings. The van der Waals surface area contributed by atoms with Crippen molar-refractivity contribution in [3.8, 4) is 0 Å². The molecule has 1 saturated heterocycles. The third-order valence-corrected chi connectivity index (χ3v) is 2.26. The standard InChI is InChI=1S/C8H18N2O2/c9-6-8(7-11)10-2-1-4-12-5-3-10/h8,11H,1-7,9H2. The van der Waals surface area contributed by atoms with Crippen LogP contribution in [0.2, 0.25) is 0 Å². The predicted octanol–water partition coefficient (Wildman–Crippen LogP) is -0.972. The molecule has 0 spiro atoms. The predicted molar refractivity (Wildman–Crippen MR) is 46.9 cm³/mol. The Kier molecular flexibility index (Phi) is 4.53. The fraction of sp³-hybridized carbons (Fsp3) is 1.00. The second-order valence-electron chi connectivity index (χ2n) is 3.07. The largest absolute Gasteiger partial charge is 0.395 e. The molecule has 1 aliphatic heterocycles. The summed E-state index contributed by atoms with van der Waals surface area (Å²) in [6, 6.07) is 0.117. The number of nitrogens with zero attached hydrogens (tertiary/aromatic N) is 1. The first-order valence-corrected chi connectivity index (χ1v) is 4.51. The Balaban J connectivity index is 2.35. The maximum Gasteiger partial charge on any atom is 0.0599 e. The molecule has 0 amide bonds. The molecule has 1 rings (SSSR count). The van der Waals surface area contributed by atoms with Crippen LogP contribution < -0.4 is 5.73 Å². The Hall–Kier alpha value is -0.160. The van der Waals surface area contributed by atoms with Crippen molar-refractivity contribution in [1.29, 1.82) is 0 Å². The van der Waals surface area contributed by atoms with E-state index in [0.29, 0.717) is 6.54 Å². The molecule has 0 saturated carbocycles. The van der Waals surface area contributed by atoms with Crippen LogP contribution in [-0.2, 0) is 4.74 Å². The SMILES string of the molecule is NCC(CO)N1CCCOCC1. The maximum absolute atomic E-state index is 9.01. The van der Waals surface area contributed by atoms with Crippen molar-refractivity contribution in [2.45, 2.75) is 12.5 Å². The maximum atomic E-state index is 9.01. The van der Waals surface area contributed by atoms with E-state index in [2.05, 4.69) is 4.90 Å². The van der Waals surface area contributed by atoms with Gasteiger partial charge in [0.1, 0.15) is 0 Å². The highest BCUT2D eigenvalue weighted by atomic mass is 16.5. The highest BCUT2D eigenvalue weighted by molar-refractivity contribution is 4.72. The summed E-state index contributed by atoms with van der Waals surface area (Å²) in [6.45, 7) is 4.15. The quantitative estimate of drug-likeness (QED) is 0.578. The molecule has 0 aromatic heterocycles. The van der Waals surface area contributed by atoms with Gasteiger partial charge in [-0.2, -0.15) is 0 Å². The first-order valence-electron chi connectivity index (χ1n) is 4.51. The van der Waals surface area contributed by atoms with Gasteiger partial charge < -0.3 is 15.6 Å². The lowest BCUT2D eigenvalue weighted by Crippen LogP contribution is -2.44. The number of aliphatic hydroxyl groups excluding tert-OH is 1. The van der Waals surface area contributed by atoms with Crippen LogP contribution in [0, 0.1) is 0 Å². The Morgan fingerprint density at radius 2 is 2.25 bits per heavy atom. The van der Waals surface area contributed by atoms with Crippen molar-refractivity contribution in [2.75, 3.05) is 39.5 Å². The number of ether oxygens (including phenoxy) is 1. The Labute approximate surface area is 73.3 Å². The number of aliphatic hydroxyl groups is 1. The minimum absolute atomic E-state index is 0.117. The van der Waals surface area contributed by atoms with Crippen LogP contribution >= 0.6 is 0 Å². The lowest BCUT2D eigenvalue weighted by atomic mass is 10.2. The zero-order valence-electron chi connectivity index (χ0n) is 7.41. The first kappa shape index (κ1) is 9.92. The van der Waals surface area contributed by atoms with Gasteiger partial charge in [0.05, 0.1) is 13.2 Å². The summed E-state index contributed by atoms with van der Waals surface area (Å²) in [4.78, 5) is 2.20. The fourth-order valence-electron chi connectivity index (χ4n) is 1.47. The molecule has 1 unspecified atom stereocenters. The molecule has 1 heterocycles. The van der Waals surface area contributed by atoms with Gasteiger partial charge in [-0.3, -0.25) is 4.90 Å². The molecule has 0 aromatic carbocycles. The molecule has 1 fully saturated rings. The summed E-state index contributed by atoms with van der Waals surface area (Å²) in [5, 5.41) is 9.01. The highest BCUT2D eigenvalue weighted by Crippen LogP contribution is 2.03. The molecule has 0 aliphatic carbocycles. The van der Waals surface area contributed by atoms with Gasteiger partial charge in [-0.1, -0.05) is 0 Å². The fourth-order valence-corrected chi connectivity index (χ4v) is 1.47. The van der Waals surface area contributed by atoms with Gasteiger partial charge in [-0.15, -0.1) is 0 Å². The van der Waals surface area contributed by atoms with Crippen LogP contribution in [0.15, 0.2) is 0 Å². The van der Waals surface area contributed by atoms with Gasteiger partial charge in [0.15, 0.2) is 0 Å². The number of rotatable bonds is 3. The van der Waals surface area contributed by atoms with E-state index in [9.17, 15) is 0 Å². The summed E-state index contributed by atoms with van der Waals surface area (Å²) in [5.74, 6) is 0. The third-order valence-electron chi connectivity index (χ3n) is 2.26. The Bertz CT molecular complexity index is 110. The van der Waals surface area contributed by atoms with Crippen molar-refractivity contribution in [3.05, 3.63) is 0 Å². The minimum Gasteiger partial charge on any atom is -0.395 e. The van der Waals surface area contributed by atoms with E-state index in [-0.39, 0.29) is 12.6 Å². The van der Waals surface area contributed by atoms with E-state index in [0.717, 1.165) is 32.7 Å². The molecule has 4 nitrogen and oxygen atoms in total. The second-order valence-corrected chi connectivity index (χ2v) is 3.07. The Morgan fingerprint density at radius 3 is 2.92 bits per heavy atom. The first-order chi connectivity index (χ1) is 5.88. The van der Waals surface area contributed by atoms with E-state index in [1.54, 1.807) is 0 Å². The Morgan fingerprint density at radius 1 is 1.42 bits per heavy atom. The molecular weight excluding hydrogens is 156 g/mol. The van der Waals surface area contributed by atoms with Gasteiger partial charge >= 0.3 is 0 Å². The minimum atomic E-state index is 0.117. The number of hydrogen-bond acceptors (Lipinski definition) is 4. The van der Waals surface area contributed by atoms with Crippen molar-refractivity contribution >= 4 is 0 Å². The third kappa shape index (κ3) is 2.71. The number of nitrogens with two attached hydrogens (primary N) is 1. The molecule has 4 heteroatoms. The topological polar surface area (TPSA) is 58.7 Å². The van der Waals surface area contributed by atoms with Crippen molar-refractivity contribution in [2.24, 2.45) is 5.73 Å². The van der Waals surface area contributed by atoms with E-state index < -0.39 is 0 Å². The molecule has 3 N–H and O–H groups in total. The van der Waals surface area contributed by atoms with E-state index in [1.165, 1.54) is 0 Å². The van der Waals surface area contributed by atoms with E-state index >= 15 is 0 Å². The van der Waals surface area contributed by atoms with Crippen molar-refractivity contribution in [1.82, 2.24) is 4.90 Å². The van der Waals surface area contributed by atoms with Crippen LogP contribution in [0.1, 0.15) is 6.42 Å². The van der Waals surface area contributed by atoms with Crippen LogP contribution in [0.4, 0.5) is 0 Å². The summed E-state index contributed by atoms with van der Waals surface area (Å²) >= 11 is 0. The monoisotopic (exact) mass is 174 g/mol. The van der Waals surface area contributed by atoms with Crippen LogP contribution in [0.25, 0.3) is 0 Å². The van der Waals surface area contributed by atoms with Crippen LogP contribution in [0.3, 0.4) is 0 Å². The average molecular weight is 174 g/mol. The van der Waals surface area contributed by atoms with Gasteiger partial charge in [0.25, 0.3) is 0 Å². The smallest absolute Gasteiger partial charge is 0.0599 e. The zero-order valence-corrected chi connectivity index (χ0v) is 7.41. The highest BCUT2D eigenvalue weighted by Gasteiger charge is 2.17. The zero-order chi connectivity index (χ0) is 8.81. The second kappa shape index (κ2) is 5.48. The van der Waals surface area contributed by atoms with Gasteiger partial charge in [0, 0.05) is 32.3 Å². The van der Waals surface area contributed by atoms with Crippen molar-refractivity contribution < 1.29 is 9.84 Å². The average Bonchev–Trinajstić information content (AvgIpc) is 2.35. The lowest BCUT2D eigenvalue weighted by Gasteiger charge is -2.27. The lowest BCUT2D eigenvalue weighted by molar-refractivity contribution is 0.109. The van der Waals surface area contributed by atoms with Crippen LogP contribution in [0.5, 0.6) is 0 Å². The normalized spacial score (nSPS) is 23.5. The molecule has 0 bridgehead atoms. The molecule has 0 radical (unpaired) electrons. The summed E-state index contributed by atoms with van der Waals surface area (Å²) in [6.07, 6.45) is 1.04. The van der Waals surface area contributed by atoms with Crippen molar-refractivity contribution in [3.63, 3.8) is 0 Å². The van der Waals surface area contributed by atoms with Gasteiger partial charge in [0.2, 0.25) is 0 Å². The van der Waals surface area contributed by atoms with Gasteiger partial charge in [-0.05, 0) is 6.42 Å². The molecule has 0 aromatic rings. The molecule has 72 valence electrons. The van der Waals surface area contributed by atoms with E-state index in [1.807, 2.05) is 0 Å². The van der Waals surface area contributed by atoms with Crippen LogP contribution in [-0.4, -0.2) is 55.5 Å². The number of hydrogen-bond donors (Lipinski definition) is 2.